The van der Waals surface area contributed by atoms with E-state index in [1.54, 1.807) is 0 Å². The Kier molecular flexibility index (Phi) is 1.86. The Morgan fingerprint density at radius 3 is 1.56 bits per heavy atom. The van der Waals surface area contributed by atoms with E-state index >= 15 is 0 Å². The van der Waals surface area contributed by atoms with Gasteiger partial charge in [0.15, 0.2) is 23.3 Å². The molecule has 0 atom stereocenters. The maximum atomic E-state index is 12.8. The number of hydrogen-bond donors (Lipinski definition) is 0. The molecule has 0 spiro atoms. The molecule has 2 aliphatic rings. The summed E-state index contributed by atoms with van der Waals surface area (Å²) in [5.41, 5.74) is -4.30. The molecular formula is C8F8. The number of alkyl halides is 4. The lowest BCUT2D eigenvalue weighted by atomic mass is 10.1. The van der Waals surface area contributed by atoms with Crippen LogP contribution in [0, 0.1) is 0 Å². The maximum absolute atomic E-state index is 12.8. The molecule has 0 fully saturated rings. The van der Waals surface area contributed by atoms with Gasteiger partial charge in [0.2, 0.25) is 0 Å². The second-order valence-electron chi connectivity index (χ2n) is 3.15. The molecule has 0 aromatic carbocycles. The Bertz CT molecular complexity index is 478. The molecule has 0 aromatic heterocycles. The number of hydrogen-bond acceptors (Lipinski definition) is 0. The van der Waals surface area contributed by atoms with Crippen LogP contribution in [-0.4, -0.2) is 11.8 Å². The van der Waals surface area contributed by atoms with Crippen LogP contribution in [0.3, 0.4) is 0 Å². The van der Waals surface area contributed by atoms with Crippen molar-refractivity contribution in [3.05, 3.63) is 34.5 Å². The molecule has 0 heterocycles. The first-order valence-electron chi connectivity index (χ1n) is 3.76. The smallest absolute Gasteiger partial charge is 0.204 e. The zero-order chi connectivity index (χ0) is 12.5. The van der Waals surface area contributed by atoms with Crippen LogP contribution < -0.4 is 0 Å². The number of halogens is 8. The molecule has 16 heavy (non-hydrogen) atoms. The Hall–Kier alpha value is -1.34. The predicted octanol–water partition coefficient (Wildman–Crippen LogP) is 3.88. The van der Waals surface area contributed by atoms with Gasteiger partial charge in [0, 0.05) is 0 Å². The monoisotopic (exact) mass is 248 g/mol. The van der Waals surface area contributed by atoms with Crippen LogP contribution in [0.25, 0.3) is 0 Å². The van der Waals surface area contributed by atoms with Crippen molar-refractivity contribution in [1.82, 2.24) is 0 Å². The highest BCUT2D eigenvalue weighted by Crippen LogP contribution is 2.61. The molecule has 0 aliphatic heterocycles. The third-order valence-corrected chi connectivity index (χ3v) is 2.28. The minimum absolute atomic E-state index is 2.02. The van der Waals surface area contributed by atoms with Gasteiger partial charge in [0.25, 0.3) is 0 Å². The summed E-state index contributed by atoms with van der Waals surface area (Å²) < 4.78 is 102. The normalized spacial score (nSPS) is 27.0. The Morgan fingerprint density at radius 1 is 0.625 bits per heavy atom. The van der Waals surface area contributed by atoms with Gasteiger partial charge in [0.1, 0.15) is 0 Å². The molecular weight excluding hydrogens is 248 g/mol. The van der Waals surface area contributed by atoms with Gasteiger partial charge in [-0.2, -0.15) is 17.6 Å². The molecule has 2 rings (SSSR count). The Labute approximate surface area is 82.5 Å². The fourth-order valence-corrected chi connectivity index (χ4v) is 1.49. The molecule has 0 amide bonds. The third kappa shape index (κ3) is 0.903. The van der Waals surface area contributed by atoms with Gasteiger partial charge < -0.3 is 0 Å². The molecule has 0 bridgehead atoms. The van der Waals surface area contributed by atoms with Gasteiger partial charge in [-0.25, -0.2) is 17.6 Å². The van der Waals surface area contributed by atoms with Crippen molar-refractivity contribution in [2.75, 3.05) is 0 Å². The van der Waals surface area contributed by atoms with Crippen LogP contribution in [0.5, 0.6) is 0 Å². The summed E-state index contributed by atoms with van der Waals surface area (Å²) in [5.74, 6) is -20.8. The van der Waals surface area contributed by atoms with Crippen molar-refractivity contribution < 1.29 is 35.1 Å². The van der Waals surface area contributed by atoms with Gasteiger partial charge in [-0.05, 0) is 0 Å². The van der Waals surface area contributed by atoms with E-state index in [1.165, 1.54) is 0 Å². The molecule has 0 saturated carbocycles. The summed E-state index contributed by atoms with van der Waals surface area (Å²) in [6.07, 6.45) is 0. The number of rotatable bonds is 0. The third-order valence-electron chi connectivity index (χ3n) is 2.28. The average Bonchev–Trinajstić information content (AvgIpc) is 2.47. The molecule has 0 nitrogen and oxygen atoms in total. The van der Waals surface area contributed by atoms with Crippen molar-refractivity contribution >= 4 is 0 Å². The van der Waals surface area contributed by atoms with E-state index in [0.29, 0.717) is 0 Å². The zero-order valence-electron chi connectivity index (χ0n) is 7.02. The summed E-state index contributed by atoms with van der Waals surface area (Å²) >= 11 is 0. The van der Waals surface area contributed by atoms with E-state index in [-0.39, 0.29) is 0 Å². The number of allylic oxidation sites excluding steroid dienone is 6. The molecule has 88 valence electrons. The molecule has 0 unspecified atom stereocenters. The number of fused-ring (bicyclic) bond motifs is 1. The lowest BCUT2D eigenvalue weighted by Crippen LogP contribution is -2.38. The van der Waals surface area contributed by atoms with E-state index in [0.717, 1.165) is 0 Å². The Morgan fingerprint density at radius 2 is 1.12 bits per heavy atom. The maximum Gasteiger partial charge on any atom is 0.365 e. The highest BCUT2D eigenvalue weighted by atomic mass is 19.3. The SMILES string of the molecule is FC1=C(F)C2=C(F)C(F)(F)C(F)(F)C2=C1F. The molecule has 2 aliphatic carbocycles. The van der Waals surface area contributed by atoms with Crippen LogP contribution >= 0.6 is 0 Å². The Balaban J connectivity index is 2.81. The zero-order valence-corrected chi connectivity index (χ0v) is 7.02. The van der Waals surface area contributed by atoms with Gasteiger partial charge in [-0.1, -0.05) is 0 Å². The first kappa shape index (κ1) is 11.2. The topological polar surface area (TPSA) is 0 Å². The van der Waals surface area contributed by atoms with Gasteiger partial charge >= 0.3 is 11.8 Å². The van der Waals surface area contributed by atoms with Crippen molar-refractivity contribution in [2.24, 2.45) is 0 Å². The molecule has 0 aromatic rings. The fourth-order valence-electron chi connectivity index (χ4n) is 1.49. The van der Waals surface area contributed by atoms with Gasteiger partial charge in [-0.3, -0.25) is 0 Å². The van der Waals surface area contributed by atoms with E-state index in [9.17, 15) is 35.1 Å². The molecule has 0 saturated heterocycles. The molecule has 0 N–H and O–H groups in total. The fraction of sp³-hybridized carbons (Fsp3) is 0.250. The quantitative estimate of drug-likeness (QED) is 0.570. The van der Waals surface area contributed by atoms with Crippen molar-refractivity contribution in [2.45, 2.75) is 11.8 Å². The lowest BCUT2D eigenvalue weighted by Gasteiger charge is -2.19. The molecule has 8 heteroatoms. The predicted molar refractivity (Wildman–Crippen MR) is 35.4 cm³/mol. The standard InChI is InChI=1S/C8F8/c9-3-1-2(4(10)5(3)11)7(13,14)8(15,16)6(1)12. The van der Waals surface area contributed by atoms with Gasteiger partial charge in [-0.15, -0.1) is 0 Å². The van der Waals surface area contributed by atoms with Crippen molar-refractivity contribution in [3.8, 4) is 0 Å². The van der Waals surface area contributed by atoms with Crippen LogP contribution in [0.2, 0.25) is 0 Å². The highest BCUT2D eigenvalue weighted by Gasteiger charge is 2.72. The minimum atomic E-state index is -5.37. The average molecular weight is 248 g/mol. The van der Waals surface area contributed by atoms with Crippen LogP contribution in [-0.2, 0) is 0 Å². The van der Waals surface area contributed by atoms with E-state index in [1.807, 2.05) is 0 Å². The van der Waals surface area contributed by atoms with Crippen LogP contribution in [0.15, 0.2) is 34.5 Å². The summed E-state index contributed by atoms with van der Waals surface area (Å²) in [5, 5.41) is 0. The summed E-state index contributed by atoms with van der Waals surface area (Å²) in [4.78, 5) is 0. The van der Waals surface area contributed by atoms with Gasteiger partial charge in [0.05, 0.1) is 11.1 Å². The van der Waals surface area contributed by atoms with E-state index < -0.39 is 46.3 Å². The molecule has 0 radical (unpaired) electrons. The first-order chi connectivity index (χ1) is 7.14. The second-order valence-corrected chi connectivity index (χ2v) is 3.15. The van der Waals surface area contributed by atoms with E-state index in [4.69, 9.17) is 0 Å². The second kappa shape index (κ2) is 2.67. The summed E-state index contributed by atoms with van der Waals surface area (Å²) in [6.45, 7) is 0. The highest BCUT2D eigenvalue weighted by molar-refractivity contribution is 5.67. The van der Waals surface area contributed by atoms with Crippen molar-refractivity contribution in [3.63, 3.8) is 0 Å². The summed E-state index contributed by atoms with van der Waals surface area (Å²) in [7, 11) is 0. The van der Waals surface area contributed by atoms with Crippen molar-refractivity contribution in [1.29, 1.82) is 0 Å². The lowest BCUT2D eigenvalue weighted by molar-refractivity contribution is -0.161. The van der Waals surface area contributed by atoms with Crippen LogP contribution in [0.1, 0.15) is 0 Å². The van der Waals surface area contributed by atoms with E-state index in [2.05, 4.69) is 0 Å². The summed E-state index contributed by atoms with van der Waals surface area (Å²) in [6, 6.07) is 0. The largest absolute Gasteiger partial charge is 0.365 e. The minimum Gasteiger partial charge on any atom is -0.204 e. The van der Waals surface area contributed by atoms with Crippen LogP contribution in [0.4, 0.5) is 35.1 Å². The first-order valence-corrected chi connectivity index (χ1v) is 3.76.